The lowest BCUT2D eigenvalue weighted by atomic mass is 10.1. The van der Waals surface area contributed by atoms with Crippen LogP contribution in [-0.4, -0.2) is 42.7 Å². The van der Waals surface area contributed by atoms with Crippen LogP contribution in [0, 0.1) is 5.92 Å². The number of nitrogens with zero attached hydrogens (tertiary/aromatic N) is 1. The van der Waals surface area contributed by atoms with Gasteiger partial charge in [0.15, 0.2) is 0 Å². The van der Waals surface area contributed by atoms with E-state index in [1.807, 2.05) is 13.0 Å². The summed E-state index contributed by atoms with van der Waals surface area (Å²) in [6.07, 6.45) is 0. The van der Waals surface area contributed by atoms with E-state index in [9.17, 15) is 9.59 Å². The summed E-state index contributed by atoms with van der Waals surface area (Å²) in [5.74, 6) is 0.321. The first-order valence-corrected chi connectivity index (χ1v) is 9.17. The molecule has 0 aromatic heterocycles. The lowest BCUT2D eigenvalue weighted by molar-refractivity contribution is -0.146. The molecule has 0 saturated carbocycles. The number of ether oxygens (including phenoxy) is 1. The molecule has 0 aliphatic heterocycles. The van der Waals surface area contributed by atoms with E-state index in [0.29, 0.717) is 34.6 Å². The Hall–Kier alpha value is -0.910. The minimum Gasteiger partial charge on any atom is -0.469 e. The highest BCUT2D eigenvalue weighted by Gasteiger charge is 2.20. The Morgan fingerprint density at radius 3 is 2.61 bits per heavy atom. The third-order valence-corrected chi connectivity index (χ3v) is 4.88. The number of rotatable bonds is 8. The average Bonchev–Trinajstić information content (AvgIpc) is 2.53. The molecule has 1 atom stereocenters. The average molecular weight is 378 g/mol. The zero-order valence-electron chi connectivity index (χ0n) is 13.5. The molecular formula is C16H21Cl2NO3S. The molecule has 0 bridgehead atoms. The zero-order valence-corrected chi connectivity index (χ0v) is 15.8. The Kier molecular flexibility index (Phi) is 8.81. The summed E-state index contributed by atoms with van der Waals surface area (Å²) >= 11 is 13.5. The molecule has 128 valence electrons. The summed E-state index contributed by atoms with van der Waals surface area (Å²) in [4.78, 5) is 25.4. The Morgan fingerprint density at radius 1 is 1.35 bits per heavy atom. The van der Waals surface area contributed by atoms with Crippen LogP contribution >= 0.6 is 35.0 Å². The van der Waals surface area contributed by atoms with Crippen LogP contribution in [0.5, 0.6) is 0 Å². The molecule has 0 N–H and O–H groups in total. The van der Waals surface area contributed by atoms with E-state index in [1.165, 1.54) is 18.9 Å². The molecule has 4 nitrogen and oxygen atoms in total. The number of esters is 1. The standard InChI is InChI=1S/C16H21Cl2NO3S/c1-4-19(8-11(2)16(21)22-3)15(20)10-23-9-12-5-6-13(17)7-14(12)18/h5-7,11H,4,8-10H2,1-3H3. The number of amides is 1. The third kappa shape index (κ3) is 6.61. The first-order chi connectivity index (χ1) is 10.9. The van der Waals surface area contributed by atoms with Crippen LogP contribution in [0.4, 0.5) is 0 Å². The first-order valence-electron chi connectivity index (χ1n) is 7.26. The fourth-order valence-corrected chi connectivity index (χ4v) is 3.48. The van der Waals surface area contributed by atoms with Gasteiger partial charge in [0, 0.05) is 28.9 Å². The van der Waals surface area contributed by atoms with E-state index in [4.69, 9.17) is 27.9 Å². The Balaban J connectivity index is 2.49. The van der Waals surface area contributed by atoms with Gasteiger partial charge in [-0.15, -0.1) is 11.8 Å². The Labute approximate surface area is 151 Å². The first kappa shape index (κ1) is 20.1. The number of carbonyl (C=O) groups is 2. The minimum absolute atomic E-state index is 0.00154. The highest BCUT2D eigenvalue weighted by Crippen LogP contribution is 2.24. The predicted octanol–water partition coefficient (Wildman–Crippen LogP) is 3.88. The maximum absolute atomic E-state index is 12.2. The minimum atomic E-state index is -0.334. The van der Waals surface area contributed by atoms with Crippen molar-refractivity contribution in [2.45, 2.75) is 19.6 Å². The van der Waals surface area contributed by atoms with Crippen molar-refractivity contribution in [3.63, 3.8) is 0 Å². The normalized spacial score (nSPS) is 11.9. The van der Waals surface area contributed by atoms with Gasteiger partial charge in [-0.05, 0) is 24.6 Å². The maximum atomic E-state index is 12.2. The maximum Gasteiger partial charge on any atom is 0.310 e. The highest BCUT2D eigenvalue weighted by molar-refractivity contribution is 7.99. The summed E-state index contributed by atoms with van der Waals surface area (Å²) in [6.45, 7) is 4.57. The second-order valence-corrected chi connectivity index (χ2v) is 6.91. The molecule has 0 fully saturated rings. The molecular weight excluding hydrogens is 357 g/mol. The van der Waals surface area contributed by atoms with Crippen molar-refractivity contribution in [3.05, 3.63) is 33.8 Å². The molecule has 1 aromatic rings. The number of methoxy groups -OCH3 is 1. The number of thioether (sulfide) groups is 1. The van der Waals surface area contributed by atoms with Crippen molar-refractivity contribution in [1.29, 1.82) is 0 Å². The molecule has 7 heteroatoms. The molecule has 1 aromatic carbocycles. The van der Waals surface area contributed by atoms with Gasteiger partial charge in [-0.25, -0.2) is 0 Å². The van der Waals surface area contributed by atoms with Crippen LogP contribution < -0.4 is 0 Å². The van der Waals surface area contributed by atoms with Crippen LogP contribution in [0.15, 0.2) is 18.2 Å². The van der Waals surface area contributed by atoms with E-state index >= 15 is 0 Å². The summed E-state index contributed by atoms with van der Waals surface area (Å²) in [6, 6.07) is 5.33. The zero-order chi connectivity index (χ0) is 17.4. The topological polar surface area (TPSA) is 46.6 Å². The van der Waals surface area contributed by atoms with Gasteiger partial charge in [0.2, 0.25) is 5.91 Å². The summed E-state index contributed by atoms with van der Waals surface area (Å²) < 4.78 is 4.69. The van der Waals surface area contributed by atoms with E-state index in [0.717, 1.165) is 5.56 Å². The van der Waals surface area contributed by atoms with Crippen molar-refractivity contribution in [3.8, 4) is 0 Å². The SMILES string of the molecule is CCN(CC(C)C(=O)OC)C(=O)CSCc1ccc(Cl)cc1Cl. The predicted molar refractivity (Wildman–Crippen MR) is 96.1 cm³/mol. The molecule has 0 spiro atoms. The molecule has 0 aliphatic rings. The third-order valence-electron chi connectivity index (χ3n) is 3.33. The number of hydrogen-bond donors (Lipinski definition) is 0. The van der Waals surface area contributed by atoms with Gasteiger partial charge in [0.1, 0.15) is 0 Å². The van der Waals surface area contributed by atoms with Crippen LogP contribution in [0.1, 0.15) is 19.4 Å². The van der Waals surface area contributed by atoms with Gasteiger partial charge in [-0.3, -0.25) is 9.59 Å². The van der Waals surface area contributed by atoms with Crippen molar-refractivity contribution in [2.75, 3.05) is 26.0 Å². The van der Waals surface area contributed by atoms with Crippen LogP contribution in [0.25, 0.3) is 0 Å². The molecule has 0 aliphatic carbocycles. The smallest absolute Gasteiger partial charge is 0.310 e. The Bertz CT molecular complexity index is 554. The van der Waals surface area contributed by atoms with Gasteiger partial charge in [-0.2, -0.15) is 0 Å². The van der Waals surface area contributed by atoms with Crippen LogP contribution in [0.3, 0.4) is 0 Å². The van der Waals surface area contributed by atoms with Crippen molar-refractivity contribution in [2.24, 2.45) is 5.92 Å². The van der Waals surface area contributed by atoms with Gasteiger partial charge >= 0.3 is 5.97 Å². The lowest BCUT2D eigenvalue weighted by Gasteiger charge is -2.23. The fraction of sp³-hybridized carbons (Fsp3) is 0.500. The van der Waals surface area contributed by atoms with Crippen molar-refractivity contribution >= 4 is 46.8 Å². The summed E-state index contributed by atoms with van der Waals surface area (Å²) in [5, 5.41) is 1.19. The number of halogens is 2. The van der Waals surface area contributed by atoms with Gasteiger partial charge < -0.3 is 9.64 Å². The van der Waals surface area contributed by atoms with Crippen LogP contribution in [0.2, 0.25) is 10.0 Å². The summed E-state index contributed by atoms with van der Waals surface area (Å²) in [5.41, 5.74) is 0.944. The molecule has 1 unspecified atom stereocenters. The van der Waals surface area contributed by atoms with Crippen LogP contribution in [-0.2, 0) is 20.1 Å². The van der Waals surface area contributed by atoms with E-state index in [2.05, 4.69) is 0 Å². The number of hydrogen-bond acceptors (Lipinski definition) is 4. The van der Waals surface area contributed by atoms with Gasteiger partial charge in [0.05, 0.1) is 18.8 Å². The molecule has 0 heterocycles. The lowest BCUT2D eigenvalue weighted by Crippen LogP contribution is -2.38. The molecule has 0 saturated heterocycles. The fourth-order valence-electron chi connectivity index (χ4n) is 1.99. The molecule has 1 rings (SSSR count). The van der Waals surface area contributed by atoms with E-state index in [1.54, 1.807) is 24.0 Å². The van der Waals surface area contributed by atoms with Crippen molar-refractivity contribution in [1.82, 2.24) is 4.90 Å². The number of carbonyl (C=O) groups excluding carboxylic acids is 2. The molecule has 1 amide bonds. The highest BCUT2D eigenvalue weighted by atomic mass is 35.5. The molecule has 23 heavy (non-hydrogen) atoms. The number of benzene rings is 1. The van der Waals surface area contributed by atoms with Crippen molar-refractivity contribution < 1.29 is 14.3 Å². The second-order valence-electron chi connectivity index (χ2n) is 5.09. The van der Waals surface area contributed by atoms with E-state index in [-0.39, 0.29) is 17.8 Å². The summed E-state index contributed by atoms with van der Waals surface area (Å²) in [7, 11) is 1.35. The monoisotopic (exact) mass is 377 g/mol. The van der Waals surface area contributed by atoms with Gasteiger partial charge in [-0.1, -0.05) is 36.2 Å². The largest absolute Gasteiger partial charge is 0.469 e. The van der Waals surface area contributed by atoms with Gasteiger partial charge in [0.25, 0.3) is 0 Å². The molecule has 0 radical (unpaired) electrons. The second kappa shape index (κ2) is 10.1. The quantitative estimate of drug-likeness (QED) is 0.644. The van der Waals surface area contributed by atoms with E-state index < -0.39 is 0 Å². The Morgan fingerprint density at radius 2 is 2.04 bits per heavy atom.